The van der Waals surface area contributed by atoms with Crippen molar-refractivity contribution in [2.24, 2.45) is 0 Å². The van der Waals surface area contributed by atoms with Crippen LogP contribution in [-0.4, -0.2) is 48.1 Å². The van der Waals surface area contributed by atoms with Gasteiger partial charge in [-0.05, 0) is 76.5 Å². The second-order valence-corrected chi connectivity index (χ2v) is 7.62. The molecule has 30 heavy (non-hydrogen) atoms. The van der Waals surface area contributed by atoms with Crippen molar-refractivity contribution in [1.82, 2.24) is 15.2 Å². The zero-order chi connectivity index (χ0) is 20.6. The molecule has 2 aromatic rings. The highest BCUT2D eigenvalue weighted by Crippen LogP contribution is 2.30. The van der Waals surface area contributed by atoms with Crippen LogP contribution >= 0.6 is 12.4 Å². The van der Waals surface area contributed by atoms with Crippen LogP contribution in [0, 0.1) is 0 Å². The van der Waals surface area contributed by atoms with Crippen LogP contribution in [0.4, 0.5) is 0 Å². The number of rotatable bonds is 7. The molecule has 1 fully saturated rings. The Labute approximate surface area is 185 Å². The van der Waals surface area contributed by atoms with Gasteiger partial charge in [-0.1, -0.05) is 6.07 Å². The SMILES string of the molecule is COc1cc(C(=O)N(Cc2ccccn2)C2CCCNCC2)ccc1OC(C)C.Cl. The highest BCUT2D eigenvalue weighted by molar-refractivity contribution is 5.95. The summed E-state index contributed by atoms with van der Waals surface area (Å²) >= 11 is 0. The summed E-state index contributed by atoms with van der Waals surface area (Å²) in [6.45, 7) is 6.34. The molecule has 0 saturated carbocycles. The number of amides is 1. The molecule has 1 saturated heterocycles. The Bertz CT molecular complexity index is 794. The van der Waals surface area contributed by atoms with Gasteiger partial charge in [0.15, 0.2) is 11.5 Å². The fourth-order valence-corrected chi connectivity index (χ4v) is 3.66. The lowest BCUT2D eigenvalue weighted by Crippen LogP contribution is -2.40. The molecule has 1 unspecified atom stereocenters. The highest BCUT2D eigenvalue weighted by Gasteiger charge is 2.27. The molecular formula is C23H32ClN3O3. The molecule has 1 amide bonds. The first kappa shape index (κ1) is 24.0. The normalized spacial score (nSPS) is 16.3. The fourth-order valence-electron chi connectivity index (χ4n) is 3.66. The van der Waals surface area contributed by atoms with E-state index in [1.807, 2.05) is 49.1 Å². The van der Waals surface area contributed by atoms with Gasteiger partial charge in [0, 0.05) is 17.8 Å². The number of aromatic nitrogens is 1. The van der Waals surface area contributed by atoms with Gasteiger partial charge in [-0.15, -0.1) is 12.4 Å². The number of hydrogen-bond acceptors (Lipinski definition) is 5. The van der Waals surface area contributed by atoms with E-state index in [0.717, 1.165) is 38.0 Å². The first-order valence-electron chi connectivity index (χ1n) is 10.3. The van der Waals surface area contributed by atoms with Gasteiger partial charge in [-0.2, -0.15) is 0 Å². The molecule has 0 radical (unpaired) electrons. The number of benzene rings is 1. The Hall–Kier alpha value is -2.31. The zero-order valence-corrected chi connectivity index (χ0v) is 18.8. The van der Waals surface area contributed by atoms with Crippen LogP contribution in [-0.2, 0) is 6.54 Å². The highest BCUT2D eigenvalue weighted by atomic mass is 35.5. The molecule has 1 aromatic carbocycles. The van der Waals surface area contributed by atoms with E-state index >= 15 is 0 Å². The van der Waals surface area contributed by atoms with E-state index in [4.69, 9.17) is 9.47 Å². The van der Waals surface area contributed by atoms with Crippen LogP contribution < -0.4 is 14.8 Å². The molecule has 0 aliphatic carbocycles. The number of halogens is 1. The largest absolute Gasteiger partial charge is 0.493 e. The fraction of sp³-hybridized carbons (Fsp3) is 0.478. The molecule has 3 rings (SSSR count). The quantitative estimate of drug-likeness (QED) is 0.712. The number of hydrogen-bond donors (Lipinski definition) is 1. The number of methoxy groups -OCH3 is 1. The summed E-state index contributed by atoms with van der Waals surface area (Å²) in [5.41, 5.74) is 1.50. The maximum absolute atomic E-state index is 13.5. The maximum atomic E-state index is 13.5. The summed E-state index contributed by atoms with van der Waals surface area (Å²) in [4.78, 5) is 19.9. The molecule has 1 aromatic heterocycles. The van der Waals surface area contributed by atoms with E-state index in [2.05, 4.69) is 10.3 Å². The smallest absolute Gasteiger partial charge is 0.254 e. The van der Waals surface area contributed by atoms with Crippen LogP contribution in [0.5, 0.6) is 11.5 Å². The minimum Gasteiger partial charge on any atom is -0.493 e. The molecular weight excluding hydrogens is 402 g/mol. The van der Waals surface area contributed by atoms with Crippen LogP contribution in [0.3, 0.4) is 0 Å². The number of pyridine rings is 1. The Kier molecular flexibility index (Phi) is 9.40. The van der Waals surface area contributed by atoms with Crippen LogP contribution in [0.1, 0.15) is 49.2 Å². The average Bonchev–Trinajstić information content (AvgIpc) is 3.01. The Morgan fingerprint density at radius 3 is 2.73 bits per heavy atom. The number of carbonyl (C=O) groups is 1. The van der Waals surface area contributed by atoms with Crippen LogP contribution in [0.15, 0.2) is 42.6 Å². The van der Waals surface area contributed by atoms with Gasteiger partial charge in [0.1, 0.15) is 0 Å². The average molecular weight is 434 g/mol. The third-order valence-corrected chi connectivity index (χ3v) is 5.08. The molecule has 164 valence electrons. The summed E-state index contributed by atoms with van der Waals surface area (Å²) in [5.74, 6) is 1.22. The predicted octanol–water partition coefficient (Wildman–Crippen LogP) is 4.08. The van der Waals surface area contributed by atoms with Gasteiger partial charge in [-0.3, -0.25) is 9.78 Å². The first-order chi connectivity index (χ1) is 14.1. The summed E-state index contributed by atoms with van der Waals surface area (Å²) in [5, 5.41) is 3.43. The molecule has 1 atom stereocenters. The molecule has 6 nitrogen and oxygen atoms in total. The first-order valence-corrected chi connectivity index (χ1v) is 10.3. The molecule has 0 bridgehead atoms. The van der Waals surface area contributed by atoms with Gasteiger partial charge in [0.05, 0.1) is 25.5 Å². The van der Waals surface area contributed by atoms with Crippen molar-refractivity contribution in [3.8, 4) is 11.5 Å². The minimum absolute atomic E-state index is 0. The van der Waals surface area contributed by atoms with Crippen molar-refractivity contribution >= 4 is 18.3 Å². The van der Waals surface area contributed by atoms with E-state index in [9.17, 15) is 4.79 Å². The van der Waals surface area contributed by atoms with Crippen molar-refractivity contribution < 1.29 is 14.3 Å². The van der Waals surface area contributed by atoms with Gasteiger partial charge >= 0.3 is 0 Å². The lowest BCUT2D eigenvalue weighted by Gasteiger charge is -2.31. The van der Waals surface area contributed by atoms with Gasteiger partial charge in [0.2, 0.25) is 0 Å². The van der Waals surface area contributed by atoms with E-state index in [0.29, 0.717) is 23.6 Å². The standard InChI is InChI=1S/C23H31N3O3.ClH/c1-17(2)29-21-10-9-18(15-22(21)28-3)23(27)26(16-19-7-4-5-13-25-19)20-8-6-12-24-14-11-20;/h4-5,7,9-10,13,15,17,20,24H,6,8,11-12,14,16H2,1-3H3;1H. The van der Waals surface area contributed by atoms with Gasteiger partial charge in [0.25, 0.3) is 5.91 Å². The van der Waals surface area contributed by atoms with Crippen molar-refractivity contribution in [3.05, 3.63) is 53.9 Å². The topological polar surface area (TPSA) is 63.7 Å². The van der Waals surface area contributed by atoms with Crippen molar-refractivity contribution in [2.75, 3.05) is 20.2 Å². The predicted molar refractivity (Wildman–Crippen MR) is 121 cm³/mol. The number of carbonyl (C=O) groups excluding carboxylic acids is 1. The Morgan fingerprint density at radius 2 is 2.03 bits per heavy atom. The Balaban J connectivity index is 0.00000320. The molecule has 1 aliphatic rings. The van der Waals surface area contributed by atoms with E-state index in [1.165, 1.54) is 0 Å². The molecule has 7 heteroatoms. The lowest BCUT2D eigenvalue weighted by molar-refractivity contribution is 0.0642. The monoisotopic (exact) mass is 433 g/mol. The zero-order valence-electron chi connectivity index (χ0n) is 18.0. The molecule has 0 spiro atoms. The van der Waals surface area contributed by atoms with Crippen molar-refractivity contribution in [1.29, 1.82) is 0 Å². The van der Waals surface area contributed by atoms with E-state index < -0.39 is 0 Å². The third-order valence-electron chi connectivity index (χ3n) is 5.08. The van der Waals surface area contributed by atoms with Crippen molar-refractivity contribution in [3.63, 3.8) is 0 Å². The summed E-state index contributed by atoms with van der Waals surface area (Å²) < 4.78 is 11.3. The minimum atomic E-state index is -0.00282. The van der Waals surface area contributed by atoms with Crippen LogP contribution in [0.25, 0.3) is 0 Å². The molecule has 2 heterocycles. The number of nitrogens with one attached hydrogen (secondary N) is 1. The second-order valence-electron chi connectivity index (χ2n) is 7.62. The number of ether oxygens (including phenoxy) is 2. The van der Waals surface area contributed by atoms with Crippen molar-refractivity contribution in [2.45, 2.75) is 51.8 Å². The van der Waals surface area contributed by atoms with Gasteiger partial charge in [-0.25, -0.2) is 0 Å². The van der Waals surface area contributed by atoms with Crippen LogP contribution in [0.2, 0.25) is 0 Å². The Morgan fingerprint density at radius 1 is 1.20 bits per heavy atom. The van der Waals surface area contributed by atoms with E-state index in [1.54, 1.807) is 19.4 Å². The molecule has 1 N–H and O–H groups in total. The third kappa shape index (κ3) is 6.34. The molecule has 1 aliphatic heterocycles. The maximum Gasteiger partial charge on any atom is 0.254 e. The van der Waals surface area contributed by atoms with E-state index in [-0.39, 0.29) is 30.5 Å². The van der Waals surface area contributed by atoms with Gasteiger partial charge < -0.3 is 19.7 Å². The summed E-state index contributed by atoms with van der Waals surface area (Å²) in [6, 6.07) is 11.4. The second kappa shape index (κ2) is 11.8. The lowest BCUT2D eigenvalue weighted by atomic mass is 10.0. The summed E-state index contributed by atoms with van der Waals surface area (Å²) in [6.07, 6.45) is 4.78. The number of nitrogens with zero attached hydrogens (tertiary/aromatic N) is 2. The summed E-state index contributed by atoms with van der Waals surface area (Å²) in [7, 11) is 1.60.